The van der Waals surface area contributed by atoms with Gasteiger partial charge in [-0.25, -0.2) is 4.79 Å². The maximum Gasteiger partial charge on any atom is 0.317 e. The lowest BCUT2D eigenvalue weighted by atomic mass is 10.0. The molecular formula is C18H30N4O4. The van der Waals surface area contributed by atoms with Crippen molar-refractivity contribution in [2.24, 2.45) is 0 Å². The molecule has 8 heteroatoms. The second-order valence-corrected chi connectivity index (χ2v) is 7.31. The molecule has 0 aromatic heterocycles. The Labute approximate surface area is 154 Å². The molecule has 3 aliphatic heterocycles. The summed E-state index contributed by atoms with van der Waals surface area (Å²) in [7, 11) is 0. The Balaban J connectivity index is 1.31. The molecule has 0 unspecified atom stereocenters. The summed E-state index contributed by atoms with van der Waals surface area (Å²) in [5.74, 6) is -0.0448. The number of ether oxygens (including phenoxy) is 1. The zero-order chi connectivity index (χ0) is 18.4. The van der Waals surface area contributed by atoms with E-state index in [1.54, 1.807) is 0 Å². The molecule has 146 valence electrons. The number of rotatable bonds is 5. The number of carbonyl (C=O) groups excluding carboxylic acids is 3. The van der Waals surface area contributed by atoms with Gasteiger partial charge < -0.3 is 19.9 Å². The van der Waals surface area contributed by atoms with Gasteiger partial charge in [0.2, 0.25) is 11.8 Å². The minimum Gasteiger partial charge on any atom is -0.378 e. The molecule has 0 aliphatic carbocycles. The van der Waals surface area contributed by atoms with Crippen LogP contribution in [0.2, 0.25) is 0 Å². The molecule has 3 saturated heterocycles. The molecule has 0 atom stereocenters. The van der Waals surface area contributed by atoms with E-state index in [1.807, 2.05) is 4.90 Å². The van der Waals surface area contributed by atoms with Gasteiger partial charge in [-0.15, -0.1) is 0 Å². The minimum absolute atomic E-state index is 0.0221. The van der Waals surface area contributed by atoms with Gasteiger partial charge in [-0.2, -0.15) is 0 Å². The van der Waals surface area contributed by atoms with Crippen molar-refractivity contribution in [3.05, 3.63) is 0 Å². The van der Waals surface area contributed by atoms with Crippen LogP contribution in [0.4, 0.5) is 4.79 Å². The van der Waals surface area contributed by atoms with Gasteiger partial charge >= 0.3 is 6.03 Å². The maximum absolute atomic E-state index is 12.2. The van der Waals surface area contributed by atoms with Gasteiger partial charge in [-0.05, 0) is 32.2 Å². The molecular weight excluding hydrogens is 336 g/mol. The second-order valence-electron chi connectivity index (χ2n) is 7.31. The highest BCUT2D eigenvalue weighted by Crippen LogP contribution is 2.14. The van der Waals surface area contributed by atoms with Crippen molar-refractivity contribution in [2.45, 2.75) is 44.6 Å². The van der Waals surface area contributed by atoms with Crippen molar-refractivity contribution in [3.63, 3.8) is 0 Å². The summed E-state index contributed by atoms with van der Waals surface area (Å²) in [4.78, 5) is 41.4. The van der Waals surface area contributed by atoms with Gasteiger partial charge in [-0.1, -0.05) is 0 Å². The first kappa shape index (κ1) is 19.1. The smallest absolute Gasteiger partial charge is 0.317 e. The minimum atomic E-state index is -0.0224. The van der Waals surface area contributed by atoms with Crippen LogP contribution < -0.4 is 5.32 Å². The van der Waals surface area contributed by atoms with Crippen molar-refractivity contribution >= 4 is 17.8 Å². The lowest BCUT2D eigenvalue weighted by molar-refractivity contribution is -0.148. The van der Waals surface area contributed by atoms with Crippen LogP contribution in [-0.4, -0.2) is 91.1 Å². The number of hydrogen-bond donors (Lipinski definition) is 1. The molecule has 0 radical (unpaired) electrons. The maximum atomic E-state index is 12.2. The summed E-state index contributed by atoms with van der Waals surface area (Å²) >= 11 is 0. The van der Waals surface area contributed by atoms with Gasteiger partial charge in [0.25, 0.3) is 0 Å². The molecule has 0 aromatic rings. The Hall–Kier alpha value is -1.67. The van der Waals surface area contributed by atoms with E-state index in [1.165, 1.54) is 4.90 Å². The van der Waals surface area contributed by atoms with E-state index >= 15 is 0 Å². The quantitative estimate of drug-likeness (QED) is 0.713. The molecule has 3 aliphatic rings. The predicted octanol–water partition coefficient (Wildman–Crippen LogP) is 0.422. The van der Waals surface area contributed by atoms with E-state index in [0.29, 0.717) is 52.1 Å². The van der Waals surface area contributed by atoms with Crippen LogP contribution >= 0.6 is 0 Å². The summed E-state index contributed by atoms with van der Waals surface area (Å²) in [6.45, 7) is 5.87. The Kier molecular flexibility index (Phi) is 6.85. The molecule has 0 aromatic carbocycles. The number of nitrogens with zero attached hydrogens (tertiary/aromatic N) is 3. The number of urea groups is 1. The van der Waals surface area contributed by atoms with Crippen LogP contribution in [0.5, 0.6) is 0 Å². The van der Waals surface area contributed by atoms with Crippen LogP contribution in [0, 0.1) is 0 Å². The van der Waals surface area contributed by atoms with Crippen LogP contribution in [0.3, 0.4) is 0 Å². The highest BCUT2D eigenvalue weighted by molar-refractivity contribution is 5.97. The normalized spacial score (nSPS) is 23.4. The third kappa shape index (κ3) is 5.17. The number of piperidine rings is 2. The fourth-order valence-electron chi connectivity index (χ4n) is 3.83. The molecule has 26 heavy (non-hydrogen) atoms. The number of nitrogens with one attached hydrogen (secondary N) is 1. The number of carbonyl (C=O) groups is 3. The van der Waals surface area contributed by atoms with Gasteiger partial charge in [0, 0.05) is 51.6 Å². The van der Waals surface area contributed by atoms with Gasteiger partial charge in [-0.3, -0.25) is 14.5 Å². The van der Waals surface area contributed by atoms with E-state index in [-0.39, 0.29) is 23.9 Å². The first-order chi connectivity index (χ1) is 12.6. The highest BCUT2D eigenvalue weighted by atomic mass is 16.5. The fourth-order valence-corrected chi connectivity index (χ4v) is 3.83. The summed E-state index contributed by atoms with van der Waals surface area (Å²) < 4.78 is 5.27. The van der Waals surface area contributed by atoms with Crippen LogP contribution in [-0.2, 0) is 14.3 Å². The Bertz CT molecular complexity index is 497. The van der Waals surface area contributed by atoms with E-state index < -0.39 is 0 Å². The van der Waals surface area contributed by atoms with E-state index in [2.05, 4.69) is 10.2 Å². The third-order valence-corrected chi connectivity index (χ3v) is 5.45. The molecule has 4 amide bonds. The van der Waals surface area contributed by atoms with Crippen molar-refractivity contribution in [3.8, 4) is 0 Å². The number of imide groups is 1. The Morgan fingerprint density at radius 1 is 1.00 bits per heavy atom. The van der Waals surface area contributed by atoms with Crippen LogP contribution in [0.1, 0.15) is 38.5 Å². The van der Waals surface area contributed by atoms with E-state index in [4.69, 9.17) is 4.74 Å². The largest absolute Gasteiger partial charge is 0.378 e. The predicted molar refractivity (Wildman–Crippen MR) is 95.6 cm³/mol. The average molecular weight is 366 g/mol. The van der Waals surface area contributed by atoms with Crippen LogP contribution in [0.25, 0.3) is 0 Å². The standard InChI is InChI=1S/C18H30N4O4/c23-16-3-1-4-17(24)22(16)8-2-7-20-9-5-15(6-10-20)19-18(25)21-11-13-26-14-12-21/h15H,1-14H2,(H,19,25). The summed E-state index contributed by atoms with van der Waals surface area (Å²) in [6, 6.07) is 0.251. The fraction of sp³-hybridized carbons (Fsp3) is 0.833. The number of likely N-dealkylation sites (tertiary alicyclic amines) is 2. The monoisotopic (exact) mass is 366 g/mol. The van der Waals surface area contributed by atoms with E-state index in [0.717, 1.165) is 38.9 Å². The first-order valence-electron chi connectivity index (χ1n) is 9.82. The van der Waals surface area contributed by atoms with Crippen molar-refractivity contribution in [2.75, 3.05) is 52.5 Å². The Morgan fingerprint density at radius 3 is 2.31 bits per heavy atom. The summed E-state index contributed by atoms with van der Waals surface area (Å²) in [5.41, 5.74) is 0. The average Bonchev–Trinajstić information content (AvgIpc) is 2.66. The van der Waals surface area contributed by atoms with Crippen molar-refractivity contribution < 1.29 is 19.1 Å². The second kappa shape index (κ2) is 9.32. The zero-order valence-electron chi connectivity index (χ0n) is 15.5. The number of morpholine rings is 1. The first-order valence-corrected chi connectivity index (χ1v) is 9.82. The topological polar surface area (TPSA) is 82.2 Å². The lowest BCUT2D eigenvalue weighted by Crippen LogP contribution is -2.52. The molecule has 0 saturated carbocycles. The summed E-state index contributed by atoms with van der Waals surface area (Å²) in [5, 5.41) is 3.14. The van der Waals surface area contributed by atoms with Crippen LogP contribution in [0.15, 0.2) is 0 Å². The molecule has 3 heterocycles. The van der Waals surface area contributed by atoms with Gasteiger partial charge in [0.1, 0.15) is 0 Å². The Morgan fingerprint density at radius 2 is 1.65 bits per heavy atom. The van der Waals surface area contributed by atoms with E-state index in [9.17, 15) is 14.4 Å². The van der Waals surface area contributed by atoms with Gasteiger partial charge in [0.05, 0.1) is 13.2 Å². The third-order valence-electron chi connectivity index (χ3n) is 5.45. The molecule has 0 spiro atoms. The molecule has 3 fully saturated rings. The zero-order valence-corrected chi connectivity index (χ0v) is 15.5. The molecule has 3 rings (SSSR count). The highest BCUT2D eigenvalue weighted by Gasteiger charge is 2.26. The SMILES string of the molecule is O=C(NC1CCN(CCCN2C(=O)CCCC2=O)CC1)N1CCOCC1. The molecule has 0 bridgehead atoms. The summed E-state index contributed by atoms with van der Waals surface area (Å²) in [6.07, 6.45) is 4.40. The van der Waals surface area contributed by atoms with Gasteiger partial charge in [0.15, 0.2) is 0 Å². The molecule has 1 N–H and O–H groups in total. The van der Waals surface area contributed by atoms with Crippen molar-refractivity contribution in [1.29, 1.82) is 0 Å². The van der Waals surface area contributed by atoms with Crippen molar-refractivity contribution in [1.82, 2.24) is 20.0 Å². The molecule has 8 nitrogen and oxygen atoms in total. The number of hydrogen-bond acceptors (Lipinski definition) is 5. The lowest BCUT2D eigenvalue weighted by Gasteiger charge is -2.35. The number of amides is 4.